The summed E-state index contributed by atoms with van der Waals surface area (Å²) in [5.41, 5.74) is 7.00. The SMILES string of the molecule is NC(Cc1cccnc1)c1ncn[nH]1. The summed E-state index contributed by atoms with van der Waals surface area (Å²) in [5.74, 6) is 0.703. The Bertz CT molecular complexity index is 369. The number of aromatic nitrogens is 4. The number of H-pyrrole nitrogens is 1. The van der Waals surface area contributed by atoms with E-state index < -0.39 is 0 Å². The maximum atomic E-state index is 5.91. The van der Waals surface area contributed by atoms with Gasteiger partial charge in [-0.15, -0.1) is 0 Å². The van der Waals surface area contributed by atoms with Crippen LogP contribution in [0.25, 0.3) is 0 Å². The van der Waals surface area contributed by atoms with Crippen molar-refractivity contribution in [3.8, 4) is 0 Å². The summed E-state index contributed by atoms with van der Waals surface area (Å²) in [6.45, 7) is 0. The van der Waals surface area contributed by atoms with Crippen molar-refractivity contribution in [1.29, 1.82) is 0 Å². The van der Waals surface area contributed by atoms with Gasteiger partial charge in [0.1, 0.15) is 12.2 Å². The van der Waals surface area contributed by atoms with E-state index in [1.165, 1.54) is 6.33 Å². The Balaban J connectivity index is 2.06. The molecule has 0 fully saturated rings. The Morgan fingerprint density at radius 3 is 3.07 bits per heavy atom. The summed E-state index contributed by atoms with van der Waals surface area (Å²) in [6.07, 6.45) is 5.71. The normalized spacial score (nSPS) is 12.6. The number of aromatic amines is 1. The first-order chi connectivity index (χ1) is 6.86. The molecule has 2 rings (SSSR count). The fourth-order valence-corrected chi connectivity index (χ4v) is 1.26. The topological polar surface area (TPSA) is 80.5 Å². The first-order valence-corrected chi connectivity index (χ1v) is 4.36. The van der Waals surface area contributed by atoms with Crippen molar-refractivity contribution in [2.24, 2.45) is 5.73 Å². The minimum Gasteiger partial charge on any atom is -0.321 e. The van der Waals surface area contributed by atoms with Crippen molar-refractivity contribution in [3.05, 3.63) is 42.2 Å². The number of hydrogen-bond donors (Lipinski definition) is 2. The lowest BCUT2D eigenvalue weighted by Gasteiger charge is -2.06. The Kier molecular flexibility index (Phi) is 2.51. The van der Waals surface area contributed by atoms with Gasteiger partial charge in [-0.05, 0) is 18.1 Å². The van der Waals surface area contributed by atoms with Gasteiger partial charge in [0.25, 0.3) is 0 Å². The summed E-state index contributed by atoms with van der Waals surface area (Å²) in [4.78, 5) is 8.02. The van der Waals surface area contributed by atoms with Crippen LogP contribution in [0.2, 0.25) is 0 Å². The molecule has 0 amide bonds. The standard InChI is InChI=1S/C9H11N5/c10-8(9-12-6-13-14-9)4-7-2-1-3-11-5-7/h1-3,5-6,8H,4,10H2,(H,12,13,14). The molecule has 0 bridgehead atoms. The second-order valence-electron chi connectivity index (χ2n) is 3.04. The van der Waals surface area contributed by atoms with Crippen molar-refractivity contribution >= 4 is 0 Å². The molecule has 2 aromatic heterocycles. The third-order valence-corrected chi connectivity index (χ3v) is 1.96. The average molecular weight is 189 g/mol. The van der Waals surface area contributed by atoms with Gasteiger partial charge in [-0.1, -0.05) is 6.07 Å². The van der Waals surface area contributed by atoms with E-state index in [1.807, 2.05) is 12.1 Å². The van der Waals surface area contributed by atoms with Crippen LogP contribution in [0.4, 0.5) is 0 Å². The molecule has 72 valence electrons. The summed E-state index contributed by atoms with van der Waals surface area (Å²) in [5, 5.41) is 6.50. The molecule has 1 unspecified atom stereocenters. The van der Waals surface area contributed by atoms with Crippen LogP contribution in [0.5, 0.6) is 0 Å². The average Bonchev–Trinajstić information content (AvgIpc) is 2.72. The molecule has 5 heteroatoms. The highest BCUT2D eigenvalue weighted by Gasteiger charge is 2.09. The van der Waals surface area contributed by atoms with Crippen LogP contribution in [-0.2, 0) is 6.42 Å². The van der Waals surface area contributed by atoms with Crippen LogP contribution in [0.3, 0.4) is 0 Å². The van der Waals surface area contributed by atoms with Crippen molar-refractivity contribution < 1.29 is 0 Å². The number of nitrogens with one attached hydrogen (secondary N) is 1. The zero-order valence-electron chi connectivity index (χ0n) is 7.59. The fraction of sp³-hybridized carbons (Fsp3) is 0.222. The molecule has 14 heavy (non-hydrogen) atoms. The maximum absolute atomic E-state index is 5.91. The van der Waals surface area contributed by atoms with Gasteiger partial charge in [-0.2, -0.15) is 5.10 Å². The van der Waals surface area contributed by atoms with Crippen molar-refractivity contribution in [2.45, 2.75) is 12.5 Å². The van der Waals surface area contributed by atoms with Gasteiger partial charge in [0.15, 0.2) is 0 Å². The van der Waals surface area contributed by atoms with Crippen LogP contribution < -0.4 is 5.73 Å². The first kappa shape index (κ1) is 8.83. The van der Waals surface area contributed by atoms with Gasteiger partial charge >= 0.3 is 0 Å². The molecule has 0 aliphatic rings. The molecule has 0 aliphatic heterocycles. The van der Waals surface area contributed by atoms with Gasteiger partial charge in [-0.25, -0.2) is 4.98 Å². The lowest BCUT2D eigenvalue weighted by atomic mass is 10.1. The van der Waals surface area contributed by atoms with Crippen LogP contribution >= 0.6 is 0 Å². The number of pyridine rings is 1. The van der Waals surface area contributed by atoms with Crippen molar-refractivity contribution in [1.82, 2.24) is 20.2 Å². The third-order valence-electron chi connectivity index (χ3n) is 1.96. The molecule has 5 nitrogen and oxygen atoms in total. The van der Waals surface area contributed by atoms with Gasteiger partial charge in [0, 0.05) is 12.4 Å². The van der Waals surface area contributed by atoms with E-state index in [1.54, 1.807) is 12.4 Å². The van der Waals surface area contributed by atoms with Gasteiger partial charge in [-0.3, -0.25) is 10.1 Å². The quantitative estimate of drug-likeness (QED) is 0.734. The Labute approximate surface area is 81.4 Å². The van der Waals surface area contributed by atoms with E-state index in [-0.39, 0.29) is 6.04 Å². The molecule has 2 heterocycles. The fourth-order valence-electron chi connectivity index (χ4n) is 1.26. The molecule has 2 aromatic rings. The third kappa shape index (κ3) is 1.94. The summed E-state index contributed by atoms with van der Waals surface area (Å²) in [6, 6.07) is 3.73. The van der Waals surface area contributed by atoms with Crippen LogP contribution in [0.15, 0.2) is 30.9 Å². The number of hydrogen-bond acceptors (Lipinski definition) is 4. The Morgan fingerprint density at radius 2 is 2.43 bits per heavy atom. The molecule has 0 aromatic carbocycles. The van der Waals surface area contributed by atoms with E-state index >= 15 is 0 Å². The molecule has 0 saturated carbocycles. The lowest BCUT2D eigenvalue weighted by Crippen LogP contribution is -2.15. The highest BCUT2D eigenvalue weighted by atomic mass is 15.2. The van der Waals surface area contributed by atoms with Crippen LogP contribution in [0, 0.1) is 0 Å². The highest BCUT2D eigenvalue weighted by molar-refractivity contribution is 5.11. The predicted molar refractivity (Wildman–Crippen MR) is 51.3 cm³/mol. The van der Waals surface area contributed by atoms with Gasteiger partial charge in [0.05, 0.1) is 6.04 Å². The Morgan fingerprint density at radius 1 is 1.50 bits per heavy atom. The van der Waals surface area contributed by atoms with Gasteiger partial charge in [0.2, 0.25) is 0 Å². The zero-order valence-corrected chi connectivity index (χ0v) is 7.59. The number of rotatable bonds is 3. The predicted octanol–water partition coefficient (Wildman–Crippen LogP) is 0.442. The maximum Gasteiger partial charge on any atom is 0.141 e. The molecule has 1 atom stereocenters. The van der Waals surface area contributed by atoms with Crippen LogP contribution in [0.1, 0.15) is 17.4 Å². The minimum atomic E-state index is -0.151. The lowest BCUT2D eigenvalue weighted by molar-refractivity contribution is 0.669. The summed E-state index contributed by atoms with van der Waals surface area (Å²) >= 11 is 0. The summed E-state index contributed by atoms with van der Waals surface area (Å²) in [7, 11) is 0. The van der Waals surface area contributed by atoms with E-state index in [2.05, 4.69) is 20.2 Å². The second kappa shape index (κ2) is 3.97. The largest absolute Gasteiger partial charge is 0.321 e. The smallest absolute Gasteiger partial charge is 0.141 e. The molecular weight excluding hydrogens is 178 g/mol. The van der Waals surface area contributed by atoms with Crippen LogP contribution in [-0.4, -0.2) is 20.2 Å². The second-order valence-corrected chi connectivity index (χ2v) is 3.04. The van der Waals surface area contributed by atoms with E-state index in [0.29, 0.717) is 12.2 Å². The molecule has 3 N–H and O–H groups in total. The summed E-state index contributed by atoms with van der Waals surface area (Å²) < 4.78 is 0. The first-order valence-electron chi connectivity index (χ1n) is 4.36. The van der Waals surface area contributed by atoms with E-state index in [4.69, 9.17) is 5.73 Å². The van der Waals surface area contributed by atoms with E-state index in [0.717, 1.165) is 5.56 Å². The molecule has 0 spiro atoms. The molecule has 0 saturated heterocycles. The number of nitrogens with two attached hydrogens (primary N) is 1. The molecule has 0 aliphatic carbocycles. The zero-order chi connectivity index (χ0) is 9.80. The molecule has 0 radical (unpaired) electrons. The van der Waals surface area contributed by atoms with Gasteiger partial charge < -0.3 is 5.73 Å². The van der Waals surface area contributed by atoms with Crippen molar-refractivity contribution in [3.63, 3.8) is 0 Å². The molecular formula is C9H11N5. The van der Waals surface area contributed by atoms with E-state index in [9.17, 15) is 0 Å². The highest BCUT2D eigenvalue weighted by Crippen LogP contribution is 2.09. The van der Waals surface area contributed by atoms with Crippen molar-refractivity contribution in [2.75, 3.05) is 0 Å². The Hall–Kier alpha value is -1.75. The number of nitrogens with zero attached hydrogens (tertiary/aromatic N) is 3. The minimum absolute atomic E-state index is 0.151. The monoisotopic (exact) mass is 189 g/mol.